The van der Waals surface area contributed by atoms with E-state index < -0.39 is 36.1 Å². The van der Waals surface area contributed by atoms with E-state index in [1.54, 1.807) is 31.2 Å². The molecule has 0 spiro atoms. The molecule has 0 aromatic heterocycles. The van der Waals surface area contributed by atoms with Crippen molar-refractivity contribution in [3.63, 3.8) is 0 Å². The highest BCUT2D eigenvalue weighted by molar-refractivity contribution is 6.01. The van der Waals surface area contributed by atoms with E-state index in [4.69, 9.17) is 9.47 Å². The van der Waals surface area contributed by atoms with Crippen LogP contribution in [0.4, 0.5) is 10.1 Å². The van der Waals surface area contributed by atoms with Crippen LogP contribution in [0, 0.1) is 11.7 Å². The van der Waals surface area contributed by atoms with Crippen molar-refractivity contribution in [1.82, 2.24) is 0 Å². The first kappa shape index (κ1) is 21.2. The second-order valence-electron chi connectivity index (χ2n) is 6.71. The highest BCUT2D eigenvalue weighted by atomic mass is 19.1. The molecule has 0 radical (unpaired) electrons. The van der Waals surface area contributed by atoms with Crippen LogP contribution in [0.3, 0.4) is 0 Å². The molecule has 156 valence electrons. The lowest BCUT2D eigenvalue weighted by Crippen LogP contribution is -2.27. The SMILES string of the molecule is CCOC(=O)c1ccc(N2C[C@@H](C(=O)OCC(=O)c3ccc(F)cc3)CC2=O)cc1. The lowest BCUT2D eigenvalue weighted by atomic mass is 10.1. The lowest BCUT2D eigenvalue weighted by molar-refractivity contribution is -0.147. The molecule has 0 saturated carbocycles. The zero-order valence-corrected chi connectivity index (χ0v) is 16.3. The summed E-state index contributed by atoms with van der Waals surface area (Å²) in [6.07, 6.45) is -0.0385. The van der Waals surface area contributed by atoms with Gasteiger partial charge in [-0.25, -0.2) is 9.18 Å². The van der Waals surface area contributed by atoms with Crippen LogP contribution in [-0.2, 0) is 19.1 Å². The lowest BCUT2D eigenvalue weighted by Gasteiger charge is -2.17. The van der Waals surface area contributed by atoms with Crippen LogP contribution < -0.4 is 4.90 Å². The molecule has 1 saturated heterocycles. The number of anilines is 1. The zero-order valence-electron chi connectivity index (χ0n) is 16.3. The van der Waals surface area contributed by atoms with Crippen LogP contribution in [0.2, 0.25) is 0 Å². The largest absolute Gasteiger partial charge is 0.462 e. The van der Waals surface area contributed by atoms with Crippen molar-refractivity contribution in [2.45, 2.75) is 13.3 Å². The number of ether oxygens (including phenoxy) is 2. The molecule has 7 nitrogen and oxygen atoms in total. The van der Waals surface area contributed by atoms with Crippen molar-refractivity contribution >= 4 is 29.3 Å². The number of benzene rings is 2. The number of carbonyl (C=O) groups is 4. The number of hydrogen-bond acceptors (Lipinski definition) is 6. The van der Waals surface area contributed by atoms with E-state index in [0.29, 0.717) is 11.3 Å². The number of Topliss-reactive ketones (excluding diaryl/α,β-unsaturated/α-hetero) is 1. The van der Waals surface area contributed by atoms with Gasteiger partial charge in [-0.15, -0.1) is 0 Å². The minimum Gasteiger partial charge on any atom is -0.462 e. The summed E-state index contributed by atoms with van der Waals surface area (Å²) < 4.78 is 22.9. The van der Waals surface area contributed by atoms with E-state index in [1.165, 1.54) is 17.0 Å². The fourth-order valence-corrected chi connectivity index (χ4v) is 3.08. The van der Waals surface area contributed by atoms with Crippen molar-refractivity contribution in [3.8, 4) is 0 Å². The average Bonchev–Trinajstić information content (AvgIpc) is 3.14. The molecule has 2 aromatic carbocycles. The number of ketones is 1. The van der Waals surface area contributed by atoms with E-state index in [2.05, 4.69) is 0 Å². The van der Waals surface area contributed by atoms with Crippen LogP contribution in [0.15, 0.2) is 48.5 Å². The van der Waals surface area contributed by atoms with Gasteiger partial charge in [-0.2, -0.15) is 0 Å². The van der Waals surface area contributed by atoms with Gasteiger partial charge < -0.3 is 14.4 Å². The first-order chi connectivity index (χ1) is 14.4. The molecule has 0 bridgehead atoms. The number of rotatable bonds is 7. The topological polar surface area (TPSA) is 90.0 Å². The summed E-state index contributed by atoms with van der Waals surface area (Å²) in [5.74, 6) is -3.00. The van der Waals surface area contributed by atoms with Crippen molar-refractivity contribution < 1.29 is 33.0 Å². The quantitative estimate of drug-likeness (QED) is 0.512. The Bertz CT molecular complexity index is 955. The minimum absolute atomic E-state index is 0.0385. The van der Waals surface area contributed by atoms with Gasteiger partial charge in [0.15, 0.2) is 12.4 Å². The molecule has 1 amide bonds. The van der Waals surface area contributed by atoms with Crippen LogP contribution in [0.5, 0.6) is 0 Å². The molecule has 1 aliphatic heterocycles. The number of carbonyl (C=O) groups excluding carboxylic acids is 4. The Balaban J connectivity index is 1.57. The summed E-state index contributed by atoms with van der Waals surface area (Å²) in [6.45, 7) is 1.60. The van der Waals surface area contributed by atoms with Crippen LogP contribution in [-0.4, -0.2) is 43.4 Å². The molecule has 0 aliphatic carbocycles. The minimum atomic E-state index is -0.705. The van der Waals surface area contributed by atoms with Crippen molar-refractivity contribution in [2.75, 3.05) is 24.7 Å². The third-order valence-corrected chi connectivity index (χ3v) is 4.66. The third-order valence-electron chi connectivity index (χ3n) is 4.66. The predicted octanol–water partition coefficient (Wildman–Crippen LogP) is 2.78. The molecule has 1 aliphatic rings. The standard InChI is InChI=1S/C22H20FNO6/c1-2-29-21(27)15-5-9-18(10-6-15)24-12-16(11-20(24)26)22(28)30-13-19(25)14-3-7-17(23)8-4-14/h3-10,16H,2,11-13H2,1H3/t16-/m0/s1. The third kappa shape index (κ3) is 4.89. The molecule has 3 rings (SSSR count). The number of nitrogens with zero attached hydrogens (tertiary/aromatic N) is 1. The second kappa shape index (κ2) is 9.30. The molecule has 30 heavy (non-hydrogen) atoms. The number of halogens is 1. The summed E-state index contributed by atoms with van der Waals surface area (Å²) in [7, 11) is 0. The average molecular weight is 413 g/mol. The van der Waals surface area contributed by atoms with Gasteiger partial charge in [0.05, 0.1) is 18.1 Å². The van der Waals surface area contributed by atoms with Gasteiger partial charge in [-0.05, 0) is 55.5 Å². The van der Waals surface area contributed by atoms with Crippen LogP contribution in [0.1, 0.15) is 34.1 Å². The van der Waals surface area contributed by atoms with Gasteiger partial charge in [0.25, 0.3) is 0 Å². The summed E-state index contributed by atoms with van der Waals surface area (Å²) in [6, 6.07) is 11.2. The van der Waals surface area contributed by atoms with Crippen molar-refractivity contribution in [2.24, 2.45) is 5.92 Å². The van der Waals surface area contributed by atoms with E-state index >= 15 is 0 Å². The van der Waals surface area contributed by atoms with Gasteiger partial charge in [-0.1, -0.05) is 0 Å². The van der Waals surface area contributed by atoms with Crippen LogP contribution >= 0.6 is 0 Å². The molecule has 1 fully saturated rings. The predicted molar refractivity (Wildman–Crippen MR) is 105 cm³/mol. The molecule has 1 atom stereocenters. The smallest absolute Gasteiger partial charge is 0.338 e. The summed E-state index contributed by atoms with van der Waals surface area (Å²) in [4.78, 5) is 49.8. The molecular weight excluding hydrogens is 393 g/mol. The molecule has 0 unspecified atom stereocenters. The summed E-state index contributed by atoms with van der Waals surface area (Å²) in [5, 5.41) is 0. The Labute approximate surface area is 172 Å². The monoisotopic (exact) mass is 413 g/mol. The van der Waals surface area contributed by atoms with Crippen LogP contribution in [0.25, 0.3) is 0 Å². The molecule has 1 heterocycles. The van der Waals surface area contributed by atoms with Gasteiger partial charge in [0, 0.05) is 24.2 Å². The fraction of sp³-hybridized carbons (Fsp3) is 0.273. The number of esters is 2. The molecule has 8 heteroatoms. The van der Waals surface area contributed by atoms with Gasteiger partial charge in [0.2, 0.25) is 5.91 Å². The first-order valence-corrected chi connectivity index (χ1v) is 9.42. The Hall–Kier alpha value is -3.55. The summed E-state index contributed by atoms with van der Waals surface area (Å²) in [5.41, 5.74) is 1.14. The summed E-state index contributed by atoms with van der Waals surface area (Å²) >= 11 is 0. The Morgan fingerprint density at radius 3 is 2.27 bits per heavy atom. The maximum atomic E-state index is 12.9. The van der Waals surface area contributed by atoms with E-state index in [1.807, 2.05) is 0 Å². The maximum Gasteiger partial charge on any atom is 0.338 e. The first-order valence-electron chi connectivity index (χ1n) is 9.42. The highest BCUT2D eigenvalue weighted by Gasteiger charge is 2.36. The van der Waals surface area contributed by atoms with Gasteiger partial charge in [0.1, 0.15) is 5.82 Å². The zero-order chi connectivity index (χ0) is 21.7. The van der Waals surface area contributed by atoms with Crippen molar-refractivity contribution in [1.29, 1.82) is 0 Å². The Kier molecular flexibility index (Phi) is 6.56. The van der Waals surface area contributed by atoms with E-state index in [0.717, 1.165) is 12.1 Å². The van der Waals surface area contributed by atoms with Gasteiger partial charge >= 0.3 is 11.9 Å². The highest BCUT2D eigenvalue weighted by Crippen LogP contribution is 2.26. The molecule has 0 N–H and O–H groups in total. The fourth-order valence-electron chi connectivity index (χ4n) is 3.08. The second-order valence-corrected chi connectivity index (χ2v) is 6.71. The maximum absolute atomic E-state index is 12.9. The van der Waals surface area contributed by atoms with Crippen molar-refractivity contribution in [3.05, 3.63) is 65.5 Å². The number of hydrogen-bond donors (Lipinski definition) is 0. The van der Waals surface area contributed by atoms with Gasteiger partial charge in [-0.3, -0.25) is 14.4 Å². The van der Waals surface area contributed by atoms with E-state index in [-0.39, 0.29) is 31.0 Å². The molecule has 2 aromatic rings. The van der Waals surface area contributed by atoms with E-state index in [9.17, 15) is 23.6 Å². The normalized spacial score (nSPS) is 15.7. The Morgan fingerprint density at radius 1 is 1.00 bits per heavy atom. The number of amides is 1. The Morgan fingerprint density at radius 2 is 1.63 bits per heavy atom. The molecular formula is C22H20FNO6.